The lowest BCUT2D eigenvalue weighted by Crippen LogP contribution is -2.57. The molecule has 0 aromatic heterocycles. The van der Waals surface area contributed by atoms with Crippen molar-refractivity contribution in [3.05, 3.63) is 59.7 Å². The SMILES string of the molecule is O=C(N[C@@H](CC1CC1)C(=O)N1CCCC2CC21C(=O)O)OCC1c2ccccc2-c2ccccc21. The van der Waals surface area contributed by atoms with E-state index in [4.69, 9.17) is 4.74 Å². The first-order valence-electron chi connectivity index (χ1n) is 12.7. The summed E-state index contributed by atoms with van der Waals surface area (Å²) in [6, 6.07) is 15.5. The van der Waals surface area contributed by atoms with Gasteiger partial charge >= 0.3 is 12.1 Å². The van der Waals surface area contributed by atoms with Crippen LogP contribution in [0.3, 0.4) is 0 Å². The van der Waals surface area contributed by atoms with E-state index in [0.29, 0.717) is 25.3 Å². The number of alkyl carbamates (subject to hydrolysis) is 1. The van der Waals surface area contributed by atoms with Gasteiger partial charge in [-0.05, 0) is 59.8 Å². The number of benzene rings is 2. The Morgan fingerprint density at radius 1 is 1.03 bits per heavy atom. The normalized spacial score (nSPS) is 25.1. The van der Waals surface area contributed by atoms with Crippen LogP contribution in [-0.4, -0.2) is 52.7 Å². The number of carboxylic acid groups (broad SMARTS) is 1. The molecule has 2 unspecified atom stereocenters. The van der Waals surface area contributed by atoms with E-state index >= 15 is 0 Å². The zero-order valence-electron chi connectivity index (χ0n) is 19.6. The summed E-state index contributed by atoms with van der Waals surface area (Å²) in [5, 5.41) is 12.7. The second kappa shape index (κ2) is 8.40. The Balaban J connectivity index is 1.16. The molecule has 0 bridgehead atoms. The molecule has 7 nitrogen and oxygen atoms in total. The average molecular weight is 475 g/mol. The number of ether oxygens (including phenoxy) is 1. The highest BCUT2D eigenvalue weighted by molar-refractivity contribution is 5.94. The summed E-state index contributed by atoms with van der Waals surface area (Å²) in [7, 11) is 0. The first kappa shape index (κ1) is 22.1. The topological polar surface area (TPSA) is 95.9 Å². The van der Waals surface area contributed by atoms with Gasteiger partial charge in [-0.15, -0.1) is 0 Å². The summed E-state index contributed by atoms with van der Waals surface area (Å²) in [6.45, 7) is 0.601. The molecule has 1 aliphatic heterocycles. The summed E-state index contributed by atoms with van der Waals surface area (Å²) in [6.07, 6.45) is 4.11. The van der Waals surface area contributed by atoms with E-state index in [1.54, 1.807) is 0 Å². The van der Waals surface area contributed by atoms with E-state index in [1.165, 1.54) is 4.90 Å². The molecule has 2 N–H and O–H groups in total. The quantitative estimate of drug-likeness (QED) is 0.628. The smallest absolute Gasteiger partial charge is 0.407 e. The third kappa shape index (κ3) is 3.77. The minimum Gasteiger partial charge on any atom is -0.479 e. The molecular formula is C28H30N2O5. The van der Waals surface area contributed by atoms with E-state index in [0.717, 1.165) is 47.9 Å². The summed E-state index contributed by atoms with van der Waals surface area (Å²) < 4.78 is 5.68. The molecule has 3 atom stereocenters. The van der Waals surface area contributed by atoms with Crippen molar-refractivity contribution in [2.75, 3.05) is 13.2 Å². The van der Waals surface area contributed by atoms with Crippen LogP contribution in [0.5, 0.6) is 0 Å². The van der Waals surface area contributed by atoms with E-state index in [2.05, 4.69) is 29.6 Å². The van der Waals surface area contributed by atoms with Crippen LogP contribution in [0.15, 0.2) is 48.5 Å². The first-order chi connectivity index (χ1) is 17.0. The second-order valence-corrected chi connectivity index (χ2v) is 10.5. The molecular weight excluding hydrogens is 444 g/mol. The molecule has 2 aromatic rings. The zero-order valence-corrected chi connectivity index (χ0v) is 19.6. The standard InChI is InChI=1S/C28H30N2O5/c31-25(30-13-5-6-18-15-28(18,30)26(32)33)24(14-17-11-12-17)29-27(34)35-16-23-21-9-3-1-7-19(21)20-8-2-4-10-22(20)23/h1-4,7-10,17-18,23-24H,5-6,11-16H2,(H,29,34)(H,32,33)/t18?,24-,28?/m0/s1. The highest BCUT2D eigenvalue weighted by Crippen LogP contribution is 2.54. The highest BCUT2D eigenvalue weighted by atomic mass is 16.5. The molecule has 35 heavy (non-hydrogen) atoms. The van der Waals surface area contributed by atoms with Crippen molar-refractivity contribution in [3.63, 3.8) is 0 Å². The lowest BCUT2D eigenvalue weighted by molar-refractivity contribution is -0.155. The summed E-state index contributed by atoms with van der Waals surface area (Å²) in [5.74, 6) is -0.862. The van der Waals surface area contributed by atoms with Crippen molar-refractivity contribution in [1.82, 2.24) is 10.2 Å². The van der Waals surface area contributed by atoms with Gasteiger partial charge in [0.25, 0.3) is 0 Å². The molecule has 1 saturated heterocycles. The molecule has 0 spiro atoms. The fraction of sp³-hybridized carbons (Fsp3) is 0.464. The molecule has 2 amide bonds. The average Bonchev–Trinajstić information content (AvgIpc) is 3.78. The summed E-state index contributed by atoms with van der Waals surface area (Å²) in [5.41, 5.74) is 3.48. The van der Waals surface area contributed by atoms with Gasteiger partial charge in [0.15, 0.2) is 0 Å². The van der Waals surface area contributed by atoms with E-state index in [9.17, 15) is 19.5 Å². The van der Waals surface area contributed by atoms with Crippen LogP contribution in [0.25, 0.3) is 11.1 Å². The molecule has 6 rings (SSSR count). The van der Waals surface area contributed by atoms with Gasteiger partial charge in [0, 0.05) is 12.5 Å². The Morgan fingerprint density at radius 2 is 1.69 bits per heavy atom. The van der Waals surface area contributed by atoms with Gasteiger partial charge in [-0.3, -0.25) is 4.79 Å². The molecule has 4 aliphatic rings. The van der Waals surface area contributed by atoms with Gasteiger partial charge in [0.05, 0.1) is 0 Å². The number of aliphatic carboxylic acids is 1. The lowest BCUT2D eigenvalue weighted by Gasteiger charge is -2.36. The van der Waals surface area contributed by atoms with E-state index in [1.807, 2.05) is 24.3 Å². The van der Waals surface area contributed by atoms with Crippen molar-refractivity contribution in [2.45, 2.75) is 56.0 Å². The van der Waals surface area contributed by atoms with Crippen LogP contribution in [0, 0.1) is 11.8 Å². The number of piperidine rings is 1. The number of likely N-dealkylation sites (tertiary alicyclic amines) is 1. The second-order valence-electron chi connectivity index (χ2n) is 10.5. The van der Waals surface area contributed by atoms with Gasteiger partial charge in [0.2, 0.25) is 5.91 Å². The number of hydrogen-bond acceptors (Lipinski definition) is 4. The third-order valence-electron chi connectivity index (χ3n) is 8.32. The molecule has 7 heteroatoms. The Morgan fingerprint density at radius 3 is 2.31 bits per heavy atom. The van der Waals surface area contributed by atoms with Gasteiger partial charge in [-0.25, -0.2) is 9.59 Å². The van der Waals surface area contributed by atoms with Crippen LogP contribution < -0.4 is 5.32 Å². The number of rotatable bonds is 7. The Hall–Kier alpha value is -3.35. The number of carbonyl (C=O) groups excluding carboxylic acids is 2. The van der Waals surface area contributed by atoms with E-state index < -0.39 is 23.6 Å². The maximum atomic E-state index is 13.5. The lowest BCUT2D eigenvalue weighted by atomic mass is 9.98. The van der Waals surface area contributed by atoms with Gasteiger partial charge in [-0.1, -0.05) is 61.4 Å². The van der Waals surface area contributed by atoms with Gasteiger partial charge in [-0.2, -0.15) is 0 Å². The molecule has 1 heterocycles. The third-order valence-corrected chi connectivity index (χ3v) is 8.32. The van der Waals surface area contributed by atoms with Crippen LogP contribution in [0.1, 0.15) is 55.6 Å². The summed E-state index contributed by atoms with van der Waals surface area (Å²) >= 11 is 0. The molecule has 182 valence electrons. The molecule has 2 aromatic carbocycles. The number of nitrogens with zero attached hydrogens (tertiary/aromatic N) is 1. The zero-order chi connectivity index (χ0) is 24.2. The van der Waals surface area contributed by atoms with Crippen LogP contribution in [0.4, 0.5) is 4.79 Å². The number of fused-ring (bicyclic) bond motifs is 4. The number of carboxylic acids is 1. The van der Waals surface area contributed by atoms with Crippen molar-refractivity contribution in [2.24, 2.45) is 11.8 Å². The monoisotopic (exact) mass is 474 g/mol. The summed E-state index contributed by atoms with van der Waals surface area (Å²) in [4.78, 5) is 40.0. The minimum atomic E-state index is -1.08. The van der Waals surface area contributed by atoms with Crippen LogP contribution >= 0.6 is 0 Å². The highest BCUT2D eigenvalue weighted by Gasteiger charge is 2.67. The van der Waals surface area contributed by atoms with E-state index in [-0.39, 0.29) is 24.3 Å². The van der Waals surface area contributed by atoms with Crippen molar-refractivity contribution < 1.29 is 24.2 Å². The van der Waals surface area contributed by atoms with Gasteiger partial charge in [0.1, 0.15) is 18.2 Å². The fourth-order valence-electron chi connectivity index (χ4n) is 6.25. The van der Waals surface area contributed by atoms with Crippen molar-refractivity contribution >= 4 is 18.0 Å². The Labute approximate surface area is 204 Å². The first-order valence-corrected chi connectivity index (χ1v) is 12.7. The van der Waals surface area contributed by atoms with Crippen molar-refractivity contribution in [1.29, 1.82) is 0 Å². The van der Waals surface area contributed by atoms with Crippen LogP contribution in [-0.2, 0) is 14.3 Å². The number of carbonyl (C=O) groups is 3. The predicted octanol–water partition coefficient (Wildman–Crippen LogP) is 4.16. The number of amides is 2. The molecule has 0 radical (unpaired) electrons. The molecule has 2 saturated carbocycles. The maximum Gasteiger partial charge on any atom is 0.407 e. The fourth-order valence-corrected chi connectivity index (χ4v) is 6.25. The number of nitrogens with one attached hydrogen (secondary N) is 1. The van der Waals surface area contributed by atoms with Crippen LogP contribution in [0.2, 0.25) is 0 Å². The number of hydrogen-bond donors (Lipinski definition) is 2. The van der Waals surface area contributed by atoms with Crippen molar-refractivity contribution in [3.8, 4) is 11.1 Å². The Kier molecular flexibility index (Phi) is 5.31. The predicted molar refractivity (Wildman–Crippen MR) is 129 cm³/mol. The maximum absolute atomic E-state index is 13.5. The molecule has 3 aliphatic carbocycles. The molecule has 3 fully saturated rings. The largest absolute Gasteiger partial charge is 0.479 e. The Bertz CT molecular complexity index is 1150. The minimum absolute atomic E-state index is 0.0220. The van der Waals surface area contributed by atoms with Gasteiger partial charge < -0.3 is 20.1 Å².